The van der Waals surface area contributed by atoms with Crippen LogP contribution < -0.4 is 14.8 Å². The van der Waals surface area contributed by atoms with E-state index in [0.717, 1.165) is 16.7 Å². The summed E-state index contributed by atoms with van der Waals surface area (Å²) in [6.45, 7) is 8.44. The summed E-state index contributed by atoms with van der Waals surface area (Å²) in [5.74, 6) is -0.212. The molecule has 1 amide bonds. The second-order valence-corrected chi connectivity index (χ2v) is 10.1. The summed E-state index contributed by atoms with van der Waals surface area (Å²) in [5, 5.41) is 2.70. The Hall–Kier alpha value is -3.39. The number of benzene rings is 2. The molecule has 8 heteroatoms. The molecule has 1 saturated heterocycles. The zero-order valence-electron chi connectivity index (χ0n) is 22.0. The van der Waals surface area contributed by atoms with E-state index in [1.807, 2.05) is 42.5 Å². The third-order valence-corrected chi connectivity index (χ3v) is 5.98. The van der Waals surface area contributed by atoms with Crippen molar-refractivity contribution in [1.82, 2.24) is 5.32 Å². The first-order chi connectivity index (χ1) is 16.9. The fourth-order valence-electron chi connectivity index (χ4n) is 4.19. The Morgan fingerprint density at radius 3 is 2.14 bits per heavy atom. The van der Waals surface area contributed by atoms with Crippen molar-refractivity contribution in [2.24, 2.45) is 0 Å². The minimum Gasteiger partial charge on any atom is -0.496 e. The van der Waals surface area contributed by atoms with Gasteiger partial charge in [-0.05, 0) is 57.9 Å². The van der Waals surface area contributed by atoms with E-state index >= 15 is 0 Å². The molecule has 0 aromatic heterocycles. The van der Waals surface area contributed by atoms with Crippen molar-refractivity contribution in [3.8, 4) is 22.6 Å². The molecule has 0 saturated carbocycles. The molecular formula is C28H35NO7. The van der Waals surface area contributed by atoms with Crippen LogP contribution in [0.25, 0.3) is 11.1 Å². The number of hydrogen-bond acceptors (Lipinski definition) is 7. The molecule has 1 fully saturated rings. The number of Topliss-reactive ketones (excluding diaryl/α,β-unsaturated/α-hetero) is 1. The van der Waals surface area contributed by atoms with Crippen molar-refractivity contribution in [2.75, 3.05) is 14.2 Å². The highest BCUT2D eigenvalue weighted by atomic mass is 16.6. The fraction of sp³-hybridized carbons (Fsp3) is 0.464. The van der Waals surface area contributed by atoms with Crippen LogP contribution in [0.4, 0.5) is 0 Å². The van der Waals surface area contributed by atoms with Gasteiger partial charge in [-0.3, -0.25) is 9.59 Å². The van der Waals surface area contributed by atoms with Crippen LogP contribution in [0.3, 0.4) is 0 Å². The van der Waals surface area contributed by atoms with Crippen molar-refractivity contribution >= 4 is 17.7 Å². The fourth-order valence-corrected chi connectivity index (χ4v) is 4.19. The average Bonchev–Trinajstić information content (AvgIpc) is 3.09. The van der Waals surface area contributed by atoms with E-state index in [0.29, 0.717) is 11.5 Å². The zero-order chi connectivity index (χ0) is 26.7. The Bertz CT molecular complexity index is 1100. The Kier molecular flexibility index (Phi) is 8.09. The molecule has 2 unspecified atom stereocenters. The minimum atomic E-state index is -1.63. The number of carbonyl (C=O) groups excluding carboxylic acids is 3. The van der Waals surface area contributed by atoms with E-state index < -0.39 is 29.1 Å². The molecule has 1 aliphatic heterocycles. The molecule has 3 atom stereocenters. The second-order valence-electron chi connectivity index (χ2n) is 10.1. The van der Waals surface area contributed by atoms with Gasteiger partial charge in [-0.25, -0.2) is 4.79 Å². The summed E-state index contributed by atoms with van der Waals surface area (Å²) in [6.07, 6.45) is -0.0497. The van der Waals surface area contributed by atoms with Crippen LogP contribution in [-0.4, -0.2) is 55.2 Å². The van der Waals surface area contributed by atoms with Crippen LogP contribution in [0.2, 0.25) is 0 Å². The van der Waals surface area contributed by atoms with Gasteiger partial charge in [0.2, 0.25) is 5.60 Å². The van der Waals surface area contributed by atoms with E-state index in [9.17, 15) is 14.4 Å². The summed E-state index contributed by atoms with van der Waals surface area (Å²) in [6, 6.07) is 12.1. The third kappa shape index (κ3) is 6.05. The van der Waals surface area contributed by atoms with E-state index in [-0.39, 0.29) is 24.7 Å². The smallest absolute Gasteiger partial charge is 0.329 e. The van der Waals surface area contributed by atoms with Gasteiger partial charge in [0.05, 0.1) is 25.9 Å². The standard InChI is InChI=1S/C28H35NO7/c1-17-15-23(30)28(5,35-17)26(32)29-20(25(31)36-27(2,3)4)16-18-11-13-19(14-12-18)24-21(33-6)9-8-10-22(24)34-7/h8-14,17,20H,15-16H2,1-7H3,(H,29,32)/t17?,20-,28?/m0/s1. The van der Waals surface area contributed by atoms with Crippen molar-refractivity contribution in [2.45, 2.75) is 70.8 Å². The number of esters is 1. The molecule has 2 aromatic carbocycles. The number of amides is 1. The predicted molar refractivity (Wildman–Crippen MR) is 135 cm³/mol. The molecule has 0 radical (unpaired) electrons. The lowest BCUT2D eigenvalue weighted by atomic mass is 9.97. The van der Waals surface area contributed by atoms with Gasteiger partial charge in [-0.1, -0.05) is 30.3 Å². The molecule has 1 N–H and O–H groups in total. The third-order valence-electron chi connectivity index (χ3n) is 5.98. The topological polar surface area (TPSA) is 100 Å². The highest BCUT2D eigenvalue weighted by Gasteiger charge is 2.49. The van der Waals surface area contributed by atoms with E-state index in [1.165, 1.54) is 6.92 Å². The highest BCUT2D eigenvalue weighted by Crippen LogP contribution is 2.38. The Balaban J connectivity index is 1.86. The zero-order valence-corrected chi connectivity index (χ0v) is 22.0. The molecule has 36 heavy (non-hydrogen) atoms. The maximum atomic E-state index is 13.1. The largest absolute Gasteiger partial charge is 0.496 e. The Morgan fingerprint density at radius 2 is 1.67 bits per heavy atom. The monoisotopic (exact) mass is 497 g/mol. The molecule has 0 bridgehead atoms. The second kappa shape index (κ2) is 10.7. The van der Waals surface area contributed by atoms with E-state index in [2.05, 4.69) is 5.32 Å². The molecule has 0 spiro atoms. The predicted octanol–water partition coefficient (Wildman–Crippen LogP) is 3.88. The lowest BCUT2D eigenvalue weighted by molar-refractivity contribution is -0.162. The van der Waals surface area contributed by atoms with Crippen molar-refractivity contribution < 1.29 is 33.3 Å². The van der Waals surface area contributed by atoms with Crippen molar-refractivity contribution in [3.05, 3.63) is 48.0 Å². The van der Waals surface area contributed by atoms with Gasteiger partial charge < -0.3 is 24.3 Å². The summed E-state index contributed by atoms with van der Waals surface area (Å²) in [7, 11) is 3.20. The lowest BCUT2D eigenvalue weighted by Crippen LogP contribution is -2.55. The first-order valence-electron chi connectivity index (χ1n) is 11.9. The molecular weight excluding hydrogens is 462 g/mol. The number of ether oxygens (including phenoxy) is 4. The summed E-state index contributed by atoms with van der Waals surface area (Å²) in [5.41, 5.74) is 0.0927. The molecule has 1 heterocycles. The van der Waals surface area contributed by atoms with Gasteiger partial charge in [0.15, 0.2) is 5.78 Å². The number of nitrogens with one attached hydrogen (secondary N) is 1. The van der Waals surface area contributed by atoms with Crippen LogP contribution in [0, 0.1) is 0 Å². The Labute approximate surface area is 212 Å². The maximum absolute atomic E-state index is 13.1. The molecule has 194 valence electrons. The number of methoxy groups -OCH3 is 2. The molecule has 3 rings (SSSR count). The van der Waals surface area contributed by atoms with Crippen LogP contribution >= 0.6 is 0 Å². The van der Waals surface area contributed by atoms with Crippen LogP contribution in [0.5, 0.6) is 11.5 Å². The van der Waals surface area contributed by atoms with Gasteiger partial charge in [0, 0.05) is 12.8 Å². The SMILES string of the molecule is COc1cccc(OC)c1-c1ccc(C[C@H](NC(=O)C2(C)OC(C)CC2=O)C(=O)OC(C)(C)C)cc1. The summed E-state index contributed by atoms with van der Waals surface area (Å²) < 4.78 is 22.2. The number of rotatable bonds is 8. The number of hydrogen-bond donors (Lipinski definition) is 1. The van der Waals surface area contributed by atoms with Crippen molar-refractivity contribution in [3.63, 3.8) is 0 Å². The van der Waals surface area contributed by atoms with Gasteiger partial charge in [0.25, 0.3) is 5.91 Å². The average molecular weight is 498 g/mol. The van der Waals surface area contributed by atoms with Gasteiger partial charge >= 0.3 is 5.97 Å². The van der Waals surface area contributed by atoms with E-state index in [1.54, 1.807) is 41.9 Å². The molecule has 2 aromatic rings. The molecule has 8 nitrogen and oxygen atoms in total. The highest BCUT2D eigenvalue weighted by molar-refractivity contribution is 6.11. The van der Waals surface area contributed by atoms with Crippen LogP contribution in [0.1, 0.15) is 46.6 Å². The molecule has 0 aliphatic carbocycles. The quantitative estimate of drug-likeness (QED) is 0.436. The summed E-state index contributed by atoms with van der Waals surface area (Å²) in [4.78, 5) is 38.5. The van der Waals surface area contributed by atoms with Crippen LogP contribution in [-0.2, 0) is 30.3 Å². The normalized spacial score (nSPS) is 20.5. The van der Waals surface area contributed by atoms with Gasteiger partial charge in [-0.2, -0.15) is 0 Å². The first kappa shape index (κ1) is 27.2. The maximum Gasteiger partial charge on any atom is 0.329 e. The summed E-state index contributed by atoms with van der Waals surface area (Å²) >= 11 is 0. The van der Waals surface area contributed by atoms with Gasteiger partial charge in [0.1, 0.15) is 23.1 Å². The number of ketones is 1. The van der Waals surface area contributed by atoms with E-state index in [4.69, 9.17) is 18.9 Å². The number of carbonyl (C=O) groups is 3. The van der Waals surface area contributed by atoms with Crippen LogP contribution in [0.15, 0.2) is 42.5 Å². The minimum absolute atomic E-state index is 0.148. The van der Waals surface area contributed by atoms with Gasteiger partial charge in [-0.15, -0.1) is 0 Å². The van der Waals surface area contributed by atoms with Crippen molar-refractivity contribution in [1.29, 1.82) is 0 Å². The lowest BCUT2D eigenvalue weighted by Gasteiger charge is -2.28. The molecule has 1 aliphatic rings. The first-order valence-corrected chi connectivity index (χ1v) is 11.9. The Morgan fingerprint density at radius 1 is 1.08 bits per heavy atom.